The molecule has 0 aliphatic carbocycles. The van der Waals surface area contributed by atoms with Crippen molar-refractivity contribution < 1.29 is 33.0 Å². The van der Waals surface area contributed by atoms with E-state index in [1.54, 1.807) is 0 Å². The van der Waals surface area contributed by atoms with Crippen LogP contribution >= 0.6 is 7.60 Å². The van der Waals surface area contributed by atoms with E-state index >= 15 is 0 Å². The van der Waals surface area contributed by atoms with Gasteiger partial charge in [-0.3, -0.25) is 24.8 Å². The Bertz CT molecular complexity index is 693. The summed E-state index contributed by atoms with van der Waals surface area (Å²) in [6.45, 7) is 3.34. The summed E-state index contributed by atoms with van der Waals surface area (Å²) in [6.07, 6.45) is 0.984. The van der Waals surface area contributed by atoms with Gasteiger partial charge in [-0.05, 0) is 6.08 Å². The molecule has 130 valence electrons. The minimum atomic E-state index is -3.86. The van der Waals surface area contributed by atoms with Gasteiger partial charge in [0.1, 0.15) is 0 Å². The highest BCUT2D eigenvalue weighted by atomic mass is 31.2. The van der Waals surface area contributed by atoms with Crippen molar-refractivity contribution in [1.82, 2.24) is 0 Å². The first-order chi connectivity index (χ1) is 11.2. The molecule has 0 fully saturated rings. The fourth-order valence-corrected chi connectivity index (χ4v) is 2.67. The third-order valence-electron chi connectivity index (χ3n) is 2.81. The molecule has 0 heterocycles. The predicted molar refractivity (Wildman–Crippen MR) is 80.8 cm³/mol. The van der Waals surface area contributed by atoms with Gasteiger partial charge in [0.15, 0.2) is 0 Å². The van der Waals surface area contributed by atoms with Crippen molar-refractivity contribution in [3.8, 4) is 0 Å². The molecule has 1 aromatic rings. The lowest BCUT2D eigenvalue weighted by molar-refractivity contribution is -0.394. The Kier molecular flexibility index (Phi) is 6.29. The van der Waals surface area contributed by atoms with Crippen molar-refractivity contribution >= 4 is 24.9 Å². The Balaban J connectivity index is 3.23. The van der Waals surface area contributed by atoms with E-state index in [0.29, 0.717) is 6.07 Å². The summed E-state index contributed by atoms with van der Waals surface area (Å²) in [4.78, 5) is 31.9. The Morgan fingerprint density at radius 3 is 1.96 bits per heavy atom. The van der Waals surface area contributed by atoms with Crippen LogP contribution in [0, 0.1) is 20.2 Å². The monoisotopic (exact) mass is 360 g/mol. The summed E-state index contributed by atoms with van der Waals surface area (Å²) >= 11 is 0. The maximum atomic E-state index is 12.2. The van der Waals surface area contributed by atoms with Gasteiger partial charge in [0.25, 0.3) is 11.4 Å². The molecular weight excluding hydrogens is 347 g/mol. The van der Waals surface area contributed by atoms with Crippen LogP contribution in [0.3, 0.4) is 0 Å². The van der Waals surface area contributed by atoms with E-state index in [0.717, 1.165) is 32.4 Å². The number of benzene rings is 1. The van der Waals surface area contributed by atoms with E-state index in [4.69, 9.17) is 4.74 Å². The number of nitrogens with zero attached hydrogens (tertiary/aromatic N) is 2. The highest BCUT2D eigenvalue weighted by molar-refractivity contribution is 7.54. The van der Waals surface area contributed by atoms with Gasteiger partial charge < -0.3 is 13.8 Å². The summed E-state index contributed by atoms with van der Waals surface area (Å²) in [5.41, 5.74) is -1.82. The first-order valence-electron chi connectivity index (χ1n) is 6.17. The second-order valence-corrected chi connectivity index (χ2v) is 6.51. The lowest BCUT2D eigenvalue weighted by Gasteiger charge is -2.21. The van der Waals surface area contributed by atoms with Crippen molar-refractivity contribution in [2.24, 2.45) is 0 Å². The van der Waals surface area contributed by atoms with Crippen molar-refractivity contribution in [2.75, 3.05) is 14.2 Å². The second kappa shape index (κ2) is 7.77. The molecule has 0 amide bonds. The third-order valence-corrected chi connectivity index (χ3v) is 4.77. The molecule has 0 bridgehead atoms. The molecule has 11 nitrogen and oxygen atoms in total. The lowest BCUT2D eigenvalue weighted by atomic mass is 10.2. The number of hydrogen-bond acceptors (Lipinski definition) is 9. The minimum absolute atomic E-state index is 0.471. The van der Waals surface area contributed by atoms with Crippen LogP contribution in [0.5, 0.6) is 0 Å². The van der Waals surface area contributed by atoms with Crippen LogP contribution in [-0.4, -0.2) is 35.9 Å². The number of ether oxygens (including phenoxy) is 1. The Hall–Kier alpha value is -2.62. The molecule has 0 saturated heterocycles. The highest BCUT2D eigenvalue weighted by Gasteiger charge is 2.36. The van der Waals surface area contributed by atoms with Crippen LogP contribution in [0.2, 0.25) is 0 Å². The highest BCUT2D eigenvalue weighted by Crippen LogP contribution is 2.52. The standard InChI is InChI=1S/C12H13N2O9P/c1-4-11(24(20,21-2)22-3)23-12(15)8-5-9(13(16)17)7-10(6-8)14(18)19/h4-7,11H,1H2,2-3H3/t11-/m1/s1. The molecule has 0 aromatic heterocycles. The third kappa shape index (κ3) is 4.22. The molecule has 0 N–H and O–H groups in total. The van der Waals surface area contributed by atoms with Gasteiger partial charge in [0.05, 0.1) is 21.5 Å². The van der Waals surface area contributed by atoms with E-state index in [1.165, 1.54) is 0 Å². The molecule has 24 heavy (non-hydrogen) atoms. The summed E-state index contributed by atoms with van der Waals surface area (Å²) in [5, 5.41) is 21.6. The van der Waals surface area contributed by atoms with Crippen molar-refractivity contribution in [3.05, 3.63) is 56.6 Å². The number of carbonyl (C=O) groups is 1. The Morgan fingerprint density at radius 1 is 1.17 bits per heavy atom. The van der Waals surface area contributed by atoms with E-state index < -0.39 is 46.2 Å². The normalized spacial score (nSPS) is 12.2. The molecule has 0 saturated carbocycles. The molecule has 1 aromatic carbocycles. The fourth-order valence-electron chi connectivity index (χ4n) is 1.63. The maximum Gasteiger partial charge on any atom is 0.374 e. The van der Waals surface area contributed by atoms with Crippen molar-refractivity contribution in [2.45, 2.75) is 5.85 Å². The van der Waals surface area contributed by atoms with Gasteiger partial charge in [0, 0.05) is 26.4 Å². The first kappa shape index (κ1) is 19.4. The fraction of sp³-hybridized carbons (Fsp3) is 0.250. The minimum Gasteiger partial charge on any atom is -0.441 e. The average molecular weight is 360 g/mol. The number of non-ortho nitro benzene ring substituents is 2. The number of nitro benzene ring substituents is 2. The van der Waals surface area contributed by atoms with E-state index in [9.17, 15) is 29.6 Å². The van der Waals surface area contributed by atoms with E-state index in [1.807, 2.05) is 0 Å². The number of hydrogen-bond donors (Lipinski definition) is 0. The smallest absolute Gasteiger partial charge is 0.374 e. The second-order valence-electron chi connectivity index (χ2n) is 4.19. The SMILES string of the molecule is C=C[C@H](OC(=O)c1cc([N+](=O)[O-])cc([N+](=O)[O-])c1)P(=O)(OC)OC. The van der Waals surface area contributed by atoms with Gasteiger partial charge in [-0.1, -0.05) is 6.58 Å². The molecule has 0 radical (unpaired) electrons. The number of nitro groups is 2. The topological polar surface area (TPSA) is 148 Å². The van der Waals surface area contributed by atoms with E-state index in [2.05, 4.69) is 15.6 Å². The summed E-state index contributed by atoms with van der Waals surface area (Å²) < 4.78 is 26.4. The molecule has 0 aliphatic heterocycles. The molecule has 0 aliphatic rings. The molecule has 12 heteroatoms. The molecule has 0 spiro atoms. The van der Waals surface area contributed by atoms with Gasteiger partial charge in [0.2, 0.25) is 5.85 Å². The largest absolute Gasteiger partial charge is 0.441 e. The van der Waals surface area contributed by atoms with Crippen LogP contribution < -0.4 is 0 Å². The van der Waals surface area contributed by atoms with Crippen molar-refractivity contribution in [1.29, 1.82) is 0 Å². The van der Waals surface area contributed by atoms with Gasteiger partial charge >= 0.3 is 13.6 Å². The van der Waals surface area contributed by atoms with Crippen LogP contribution in [0.15, 0.2) is 30.9 Å². The zero-order chi connectivity index (χ0) is 18.5. The van der Waals surface area contributed by atoms with Gasteiger partial charge in [-0.2, -0.15) is 0 Å². The number of esters is 1. The van der Waals surface area contributed by atoms with Crippen LogP contribution in [-0.2, 0) is 18.3 Å². The van der Waals surface area contributed by atoms with Crippen LogP contribution in [0.4, 0.5) is 11.4 Å². The van der Waals surface area contributed by atoms with Gasteiger partial charge in [-0.25, -0.2) is 4.79 Å². The quantitative estimate of drug-likeness (QED) is 0.224. The van der Waals surface area contributed by atoms with Crippen LogP contribution in [0.1, 0.15) is 10.4 Å². The summed E-state index contributed by atoms with van der Waals surface area (Å²) in [6, 6.07) is 2.27. The predicted octanol–water partition coefficient (Wildman–Crippen LogP) is 2.66. The Labute approximate surface area is 135 Å². The van der Waals surface area contributed by atoms with Gasteiger partial charge in [-0.15, -0.1) is 0 Å². The van der Waals surface area contributed by atoms with Crippen molar-refractivity contribution in [3.63, 3.8) is 0 Å². The van der Waals surface area contributed by atoms with E-state index in [-0.39, 0.29) is 0 Å². The molecule has 1 rings (SSSR count). The lowest BCUT2D eigenvalue weighted by Crippen LogP contribution is -2.18. The summed E-state index contributed by atoms with van der Waals surface area (Å²) in [7, 11) is -1.73. The zero-order valence-corrected chi connectivity index (χ0v) is 13.5. The number of carbonyl (C=O) groups excluding carboxylic acids is 1. The maximum absolute atomic E-state index is 12.2. The summed E-state index contributed by atoms with van der Waals surface area (Å²) in [5.74, 6) is -2.70. The zero-order valence-electron chi connectivity index (χ0n) is 12.6. The molecule has 1 atom stereocenters. The number of rotatable bonds is 8. The average Bonchev–Trinajstić information content (AvgIpc) is 2.58. The first-order valence-corrected chi connectivity index (χ1v) is 7.78. The van der Waals surface area contributed by atoms with Crippen LogP contribution in [0.25, 0.3) is 0 Å². The molecular formula is C12H13N2O9P. The molecule has 0 unspecified atom stereocenters. The Morgan fingerprint density at radius 2 is 1.62 bits per heavy atom.